The molecule has 0 spiro atoms. The van der Waals surface area contributed by atoms with Crippen LogP contribution in [0.3, 0.4) is 0 Å². The van der Waals surface area contributed by atoms with Crippen molar-refractivity contribution in [1.82, 2.24) is 0 Å². The molecule has 0 N–H and O–H groups in total. The molecule has 0 fully saturated rings. The van der Waals surface area contributed by atoms with Crippen molar-refractivity contribution in [3.8, 4) is 0 Å². The molecule has 0 aliphatic heterocycles. The van der Waals surface area contributed by atoms with Gasteiger partial charge in [-0.15, -0.1) is 0 Å². The summed E-state index contributed by atoms with van der Waals surface area (Å²) in [6, 6.07) is 9.08. The largest absolute Gasteiger partial charge is 0.0942 e. The Balaban J connectivity index is 3.36. The number of rotatable bonds is 4. The molecule has 0 atom stereocenters. The highest BCUT2D eigenvalue weighted by Crippen LogP contribution is 2.40. The first-order chi connectivity index (χ1) is 7.83. The van der Waals surface area contributed by atoms with Crippen LogP contribution in [0.5, 0.6) is 0 Å². The van der Waals surface area contributed by atoms with Crippen molar-refractivity contribution >= 4 is 29.2 Å². The third-order valence-electron chi connectivity index (χ3n) is 4.21. The lowest BCUT2D eigenvalue weighted by Crippen LogP contribution is -2.55. The van der Waals surface area contributed by atoms with E-state index in [1.165, 1.54) is 4.47 Å². The third kappa shape index (κ3) is 2.68. The molecule has 0 saturated carbocycles. The van der Waals surface area contributed by atoms with E-state index in [0.29, 0.717) is 0 Å². The molecule has 0 amide bonds. The van der Waals surface area contributed by atoms with Gasteiger partial charge in [0, 0.05) is 4.47 Å². The molecule has 2 heteroatoms. The van der Waals surface area contributed by atoms with Crippen molar-refractivity contribution in [2.24, 2.45) is 0 Å². The third-order valence-corrected chi connectivity index (χ3v) is 11.8. The molecule has 0 bridgehead atoms. The van der Waals surface area contributed by atoms with Gasteiger partial charge in [0.15, 0.2) is 0 Å². The van der Waals surface area contributed by atoms with Gasteiger partial charge in [0.1, 0.15) is 0 Å². The first kappa shape index (κ1) is 15.0. The smallest absolute Gasteiger partial charge is 0.0648 e. The highest BCUT2D eigenvalue weighted by molar-refractivity contribution is 9.10. The second kappa shape index (κ2) is 5.70. The summed E-state index contributed by atoms with van der Waals surface area (Å²) in [5, 5.41) is 1.61. The van der Waals surface area contributed by atoms with Gasteiger partial charge in [-0.2, -0.15) is 0 Å². The number of hydrogen-bond acceptors (Lipinski definition) is 0. The summed E-state index contributed by atoms with van der Waals surface area (Å²) in [4.78, 5) is 0. The lowest BCUT2D eigenvalue weighted by Gasteiger charge is -2.43. The Morgan fingerprint density at radius 2 is 1.12 bits per heavy atom. The standard InChI is InChI=1S/C15H25BrSi/c1-11(2)17(12(3)4,13(5)6)15-9-7-14(16)8-10-15/h7-13H,1-6H3. The van der Waals surface area contributed by atoms with Crippen molar-refractivity contribution in [1.29, 1.82) is 0 Å². The summed E-state index contributed by atoms with van der Waals surface area (Å²) in [7, 11) is -1.45. The minimum Gasteiger partial charge on any atom is -0.0648 e. The molecule has 0 aliphatic carbocycles. The normalized spacial score (nSPS) is 12.8. The van der Waals surface area contributed by atoms with E-state index in [-0.39, 0.29) is 0 Å². The zero-order valence-electron chi connectivity index (χ0n) is 11.9. The molecule has 0 radical (unpaired) electrons. The highest BCUT2D eigenvalue weighted by Gasteiger charge is 2.43. The molecule has 96 valence electrons. The predicted molar refractivity (Wildman–Crippen MR) is 84.8 cm³/mol. The molecule has 1 rings (SSSR count). The van der Waals surface area contributed by atoms with Crippen LogP contribution in [-0.2, 0) is 0 Å². The Bertz CT molecular complexity index is 330. The van der Waals surface area contributed by atoms with Crippen LogP contribution in [0.2, 0.25) is 16.6 Å². The Hall–Kier alpha value is -0.0831. The van der Waals surface area contributed by atoms with E-state index in [1.54, 1.807) is 5.19 Å². The molecule has 0 aliphatic rings. The molecule has 0 nitrogen and oxygen atoms in total. The zero-order valence-corrected chi connectivity index (χ0v) is 14.5. The van der Waals surface area contributed by atoms with Crippen LogP contribution in [0.4, 0.5) is 0 Å². The quantitative estimate of drug-likeness (QED) is 0.659. The van der Waals surface area contributed by atoms with Crippen molar-refractivity contribution in [2.75, 3.05) is 0 Å². The van der Waals surface area contributed by atoms with Crippen LogP contribution in [-0.4, -0.2) is 8.07 Å². The van der Waals surface area contributed by atoms with Gasteiger partial charge in [-0.3, -0.25) is 0 Å². The molecule has 1 aromatic carbocycles. The van der Waals surface area contributed by atoms with Crippen LogP contribution in [0, 0.1) is 0 Å². The van der Waals surface area contributed by atoms with Crippen LogP contribution in [0.15, 0.2) is 28.7 Å². The van der Waals surface area contributed by atoms with E-state index in [0.717, 1.165) is 16.6 Å². The van der Waals surface area contributed by atoms with Crippen molar-refractivity contribution in [3.05, 3.63) is 28.7 Å². The van der Waals surface area contributed by atoms with Crippen LogP contribution in [0.25, 0.3) is 0 Å². The molecule has 0 aromatic heterocycles. The highest BCUT2D eigenvalue weighted by atomic mass is 79.9. The molecular weight excluding hydrogens is 288 g/mol. The van der Waals surface area contributed by atoms with E-state index >= 15 is 0 Å². The first-order valence-corrected chi connectivity index (χ1v) is 9.62. The molecule has 0 heterocycles. The topological polar surface area (TPSA) is 0 Å². The average Bonchev–Trinajstić information content (AvgIpc) is 2.20. The van der Waals surface area contributed by atoms with E-state index in [1.807, 2.05) is 0 Å². The maximum Gasteiger partial charge on any atom is 0.0942 e. The molecular formula is C15H25BrSi. The van der Waals surface area contributed by atoms with Crippen molar-refractivity contribution < 1.29 is 0 Å². The van der Waals surface area contributed by atoms with Gasteiger partial charge in [-0.05, 0) is 28.8 Å². The summed E-state index contributed by atoms with van der Waals surface area (Å²) in [5.41, 5.74) is 2.34. The maximum atomic E-state index is 3.54. The van der Waals surface area contributed by atoms with Crippen molar-refractivity contribution in [2.45, 2.75) is 58.2 Å². The summed E-state index contributed by atoms with van der Waals surface area (Å²) in [5.74, 6) is 0. The predicted octanol–water partition coefficient (Wildman–Crippen LogP) is 5.33. The molecule has 17 heavy (non-hydrogen) atoms. The molecule has 0 unspecified atom stereocenters. The fraction of sp³-hybridized carbons (Fsp3) is 0.600. The number of benzene rings is 1. The lowest BCUT2D eigenvalue weighted by molar-refractivity contribution is 0.835. The lowest BCUT2D eigenvalue weighted by atomic mass is 10.4. The van der Waals surface area contributed by atoms with Crippen LogP contribution in [0.1, 0.15) is 41.5 Å². The minimum absolute atomic E-state index is 0.781. The van der Waals surface area contributed by atoms with Gasteiger partial charge in [-0.1, -0.05) is 74.8 Å². The summed E-state index contributed by atoms with van der Waals surface area (Å²) >= 11 is 3.54. The van der Waals surface area contributed by atoms with Gasteiger partial charge in [0.2, 0.25) is 0 Å². The van der Waals surface area contributed by atoms with Crippen molar-refractivity contribution in [3.63, 3.8) is 0 Å². The number of hydrogen-bond donors (Lipinski definition) is 0. The zero-order chi connectivity index (χ0) is 13.2. The van der Waals surface area contributed by atoms with Gasteiger partial charge >= 0.3 is 0 Å². The maximum absolute atomic E-state index is 3.54. The summed E-state index contributed by atoms with van der Waals surface area (Å²) < 4.78 is 1.18. The van der Waals surface area contributed by atoms with E-state index < -0.39 is 8.07 Å². The first-order valence-electron chi connectivity index (χ1n) is 6.59. The Kier molecular flexibility index (Phi) is 5.03. The Morgan fingerprint density at radius 1 is 0.765 bits per heavy atom. The molecule has 1 aromatic rings. The summed E-state index contributed by atoms with van der Waals surface area (Å²) in [6.07, 6.45) is 0. The number of halogens is 1. The average molecular weight is 313 g/mol. The SMILES string of the molecule is CC(C)[Si](c1ccc(Br)cc1)(C(C)C)C(C)C. The summed E-state index contributed by atoms with van der Waals surface area (Å²) in [6.45, 7) is 14.5. The van der Waals surface area contributed by atoms with Crippen LogP contribution < -0.4 is 5.19 Å². The fourth-order valence-corrected chi connectivity index (χ4v) is 10.7. The fourth-order valence-electron chi connectivity index (χ4n) is 3.74. The minimum atomic E-state index is -1.45. The van der Waals surface area contributed by atoms with Gasteiger partial charge in [0.05, 0.1) is 8.07 Å². The van der Waals surface area contributed by atoms with E-state index in [9.17, 15) is 0 Å². The van der Waals surface area contributed by atoms with Gasteiger partial charge < -0.3 is 0 Å². The molecule has 0 saturated heterocycles. The Labute approximate surface area is 116 Å². The van der Waals surface area contributed by atoms with Gasteiger partial charge in [-0.25, -0.2) is 0 Å². The Morgan fingerprint density at radius 3 is 1.41 bits per heavy atom. The van der Waals surface area contributed by atoms with Crippen LogP contribution >= 0.6 is 15.9 Å². The van der Waals surface area contributed by atoms with E-state index in [2.05, 4.69) is 81.7 Å². The monoisotopic (exact) mass is 312 g/mol. The second-order valence-corrected chi connectivity index (χ2v) is 12.7. The van der Waals surface area contributed by atoms with Gasteiger partial charge in [0.25, 0.3) is 0 Å². The van der Waals surface area contributed by atoms with E-state index in [4.69, 9.17) is 0 Å². The second-order valence-electron chi connectivity index (χ2n) is 5.90.